The summed E-state index contributed by atoms with van der Waals surface area (Å²) in [5.41, 5.74) is 0. The maximum Gasteiger partial charge on any atom is 0.0592 e. The van der Waals surface area contributed by atoms with Crippen LogP contribution in [0.25, 0.3) is 0 Å². The van der Waals surface area contributed by atoms with E-state index < -0.39 is 0 Å². The third-order valence-electron chi connectivity index (χ3n) is 2.63. The van der Waals surface area contributed by atoms with Gasteiger partial charge in [-0.1, -0.05) is 33.6 Å². The van der Waals surface area contributed by atoms with Gasteiger partial charge in [-0.15, -0.1) is 0 Å². The summed E-state index contributed by atoms with van der Waals surface area (Å²) in [6.45, 7) is 6.15. The van der Waals surface area contributed by atoms with E-state index in [4.69, 9.17) is 0 Å². The van der Waals surface area contributed by atoms with E-state index in [0.717, 1.165) is 32.1 Å². The standard InChI is InChI=1S/C11H24O2/c1-4-7-10(12)9(6-3)11(13)8-5-2/h9-13H,4-8H2,1-3H3/t9?,10-,11+. The number of hydrogen-bond acceptors (Lipinski definition) is 2. The first-order valence-corrected chi connectivity index (χ1v) is 5.53. The normalized spacial score (nSPS) is 18.2. The second-order valence-corrected chi connectivity index (χ2v) is 3.78. The van der Waals surface area contributed by atoms with E-state index in [1.54, 1.807) is 0 Å². The fourth-order valence-electron chi connectivity index (χ4n) is 1.82. The van der Waals surface area contributed by atoms with Crippen molar-refractivity contribution in [3.05, 3.63) is 0 Å². The van der Waals surface area contributed by atoms with Gasteiger partial charge in [-0.05, 0) is 19.3 Å². The fourth-order valence-corrected chi connectivity index (χ4v) is 1.82. The van der Waals surface area contributed by atoms with Gasteiger partial charge in [-0.2, -0.15) is 0 Å². The van der Waals surface area contributed by atoms with Crippen molar-refractivity contribution in [2.24, 2.45) is 5.92 Å². The third-order valence-corrected chi connectivity index (χ3v) is 2.63. The lowest BCUT2D eigenvalue weighted by Gasteiger charge is -2.26. The van der Waals surface area contributed by atoms with Crippen LogP contribution in [-0.2, 0) is 0 Å². The number of aliphatic hydroxyl groups excluding tert-OH is 2. The van der Waals surface area contributed by atoms with E-state index in [2.05, 4.69) is 13.8 Å². The van der Waals surface area contributed by atoms with E-state index in [-0.39, 0.29) is 18.1 Å². The first-order chi connectivity index (χ1) is 6.17. The molecule has 0 aromatic carbocycles. The van der Waals surface area contributed by atoms with Gasteiger partial charge in [-0.25, -0.2) is 0 Å². The lowest BCUT2D eigenvalue weighted by atomic mass is 9.88. The number of aliphatic hydroxyl groups is 2. The van der Waals surface area contributed by atoms with E-state index >= 15 is 0 Å². The second-order valence-electron chi connectivity index (χ2n) is 3.78. The molecule has 2 nitrogen and oxygen atoms in total. The molecule has 2 N–H and O–H groups in total. The van der Waals surface area contributed by atoms with Gasteiger partial charge in [0.25, 0.3) is 0 Å². The Balaban J connectivity index is 3.98. The molecule has 80 valence electrons. The van der Waals surface area contributed by atoms with Crippen LogP contribution in [0.5, 0.6) is 0 Å². The molecule has 0 aliphatic heterocycles. The summed E-state index contributed by atoms with van der Waals surface area (Å²) >= 11 is 0. The monoisotopic (exact) mass is 188 g/mol. The molecule has 0 amide bonds. The van der Waals surface area contributed by atoms with Crippen LogP contribution >= 0.6 is 0 Å². The molecular weight excluding hydrogens is 164 g/mol. The average molecular weight is 188 g/mol. The summed E-state index contributed by atoms with van der Waals surface area (Å²) in [6.07, 6.45) is 3.79. The van der Waals surface area contributed by atoms with Crippen LogP contribution in [0.3, 0.4) is 0 Å². The molecule has 0 aromatic heterocycles. The Morgan fingerprint density at radius 3 is 1.46 bits per heavy atom. The molecule has 0 heterocycles. The van der Waals surface area contributed by atoms with Crippen molar-refractivity contribution < 1.29 is 10.2 Å². The molecule has 0 saturated carbocycles. The summed E-state index contributed by atoms with van der Waals surface area (Å²) in [5, 5.41) is 19.5. The van der Waals surface area contributed by atoms with Gasteiger partial charge in [0.1, 0.15) is 0 Å². The van der Waals surface area contributed by atoms with Crippen molar-refractivity contribution in [2.45, 2.75) is 65.1 Å². The maximum absolute atomic E-state index is 9.75. The predicted octanol–water partition coefficient (Wildman–Crippen LogP) is 2.33. The Labute approximate surface area is 82.0 Å². The third kappa shape index (κ3) is 4.63. The average Bonchev–Trinajstić information content (AvgIpc) is 2.06. The summed E-state index contributed by atoms with van der Waals surface area (Å²) in [4.78, 5) is 0. The van der Waals surface area contributed by atoms with Crippen molar-refractivity contribution in [2.75, 3.05) is 0 Å². The first-order valence-electron chi connectivity index (χ1n) is 5.53. The summed E-state index contributed by atoms with van der Waals surface area (Å²) in [6, 6.07) is 0. The minimum atomic E-state index is -0.323. The van der Waals surface area contributed by atoms with Crippen LogP contribution in [0.2, 0.25) is 0 Å². The zero-order valence-corrected chi connectivity index (χ0v) is 9.16. The van der Waals surface area contributed by atoms with Gasteiger partial charge in [-0.3, -0.25) is 0 Å². The molecule has 0 radical (unpaired) electrons. The van der Waals surface area contributed by atoms with Crippen LogP contribution in [-0.4, -0.2) is 22.4 Å². The van der Waals surface area contributed by atoms with Crippen LogP contribution in [0.1, 0.15) is 52.9 Å². The van der Waals surface area contributed by atoms with Gasteiger partial charge in [0.2, 0.25) is 0 Å². The van der Waals surface area contributed by atoms with Gasteiger partial charge in [0, 0.05) is 5.92 Å². The van der Waals surface area contributed by atoms with Crippen molar-refractivity contribution >= 4 is 0 Å². The highest BCUT2D eigenvalue weighted by molar-refractivity contribution is 4.74. The quantitative estimate of drug-likeness (QED) is 0.644. The van der Waals surface area contributed by atoms with Gasteiger partial charge in [0.05, 0.1) is 12.2 Å². The number of hydrogen-bond donors (Lipinski definition) is 2. The fraction of sp³-hybridized carbons (Fsp3) is 1.00. The zero-order valence-electron chi connectivity index (χ0n) is 9.16. The van der Waals surface area contributed by atoms with E-state index in [0.29, 0.717) is 0 Å². The minimum absolute atomic E-state index is 0.0694. The van der Waals surface area contributed by atoms with E-state index in [9.17, 15) is 10.2 Å². The molecule has 1 unspecified atom stereocenters. The summed E-state index contributed by atoms with van der Waals surface area (Å²) in [5.74, 6) is 0.0694. The molecule has 0 spiro atoms. The Morgan fingerprint density at radius 2 is 1.23 bits per heavy atom. The Hall–Kier alpha value is -0.0800. The zero-order chi connectivity index (χ0) is 10.3. The summed E-state index contributed by atoms with van der Waals surface area (Å²) < 4.78 is 0. The van der Waals surface area contributed by atoms with Crippen molar-refractivity contribution in [3.63, 3.8) is 0 Å². The van der Waals surface area contributed by atoms with Gasteiger partial charge >= 0.3 is 0 Å². The minimum Gasteiger partial charge on any atom is -0.393 e. The first kappa shape index (κ1) is 12.9. The van der Waals surface area contributed by atoms with Crippen LogP contribution in [0, 0.1) is 5.92 Å². The highest BCUT2D eigenvalue weighted by atomic mass is 16.3. The van der Waals surface area contributed by atoms with Gasteiger partial charge in [0.15, 0.2) is 0 Å². The molecule has 13 heavy (non-hydrogen) atoms. The maximum atomic E-state index is 9.75. The number of rotatable bonds is 7. The molecule has 0 saturated heterocycles. The largest absolute Gasteiger partial charge is 0.393 e. The SMILES string of the molecule is CCC[C@@H](O)C(CC)[C@@H](O)CCC. The Kier molecular flexibility index (Phi) is 7.29. The highest BCUT2D eigenvalue weighted by Gasteiger charge is 2.23. The van der Waals surface area contributed by atoms with Crippen molar-refractivity contribution in [1.29, 1.82) is 0 Å². The summed E-state index contributed by atoms with van der Waals surface area (Å²) in [7, 11) is 0. The molecule has 2 heteroatoms. The molecule has 0 fully saturated rings. The van der Waals surface area contributed by atoms with E-state index in [1.807, 2.05) is 6.92 Å². The van der Waals surface area contributed by atoms with E-state index in [1.165, 1.54) is 0 Å². The Bertz CT molecular complexity index is 103. The molecule has 0 aliphatic rings. The highest BCUT2D eigenvalue weighted by Crippen LogP contribution is 2.20. The molecule has 3 atom stereocenters. The van der Waals surface area contributed by atoms with Crippen LogP contribution in [0.4, 0.5) is 0 Å². The Morgan fingerprint density at radius 1 is 0.846 bits per heavy atom. The van der Waals surface area contributed by atoms with Crippen molar-refractivity contribution in [3.8, 4) is 0 Å². The molecule has 0 bridgehead atoms. The molecule has 0 aromatic rings. The molecule has 0 rings (SSSR count). The van der Waals surface area contributed by atoms with Crippen LogP contribution < -0.4 is 0 Å². The van der Waals surface area contributed by atoms with Crippen LogP contribution in [0.15, 0.2) is 0 Å². The lowest BCUT2D eigenvalue weighted by molar-refractivity contribution is 0.00200. The predicted molar refractivity (Wildman–Crippen MR) is 55.6 cm³/mol. The lowest BCUT2D eigenvalue weighted by Crippen LogP contribution is -2.31. The topological polar surface area (TPSA) is 40.5 Å². The second kappa shape index (κ2) is 7.34. The smallest absolute Gasteiger partial charge is 0.0592 e. The van der Waals surface area contributed by atoms with Gasteiger partial charge < -0.3 is 10.2 Å². The molecular formula is C11H24O2. The van der Waals surface area contributed by atoms with Crippen molar-refractivity contribution in [1.82, 2.24) is 0 Å². The molecule has 0 aliphatic carbocycles.